The summed E-state index contributed by atoms with van der Waals surface area (Å²) in [5, 5.41) is 7.84. The van der Waals surface area contributed by atoms with Crippen LogP contribution in [0.25, 0.3) is 0 Å². The highest BCUT2D eigenvalue weighted by molar-refractivity contribution is 7.89. The monoisotopic (exact) mass is 288 g/mol. The van der Waals surface area contributed by atoms with E-state index in [1.807, 2.05) is 6.92 Å². The van der Waals surface area contributed by atoms with Gasteiger partial charge in [-0.3, -0.25) is 4.90 Å². The Morgan fingerprint density at radius 2 is 1.89 bits per heavy atom. The van der Waals surface area contributed by atoms with Crippen molar-refractivity contribution in [2.75, 3.05) is 31.9 Å². The quantitative estimate of drug-likeness (QED) is 0.798. The third-order valence-electron chi connectivity index (χ3n) is 3.48. The van der Waals surface area contributed by atoms with Crippen molar-refractivity contribution in [3.05, 3.63) is 11.8 Å². The molecular weight excluding hydrogens is 268 g/mol. The highest BCUT2D eigenvalue weighted by Gasteiger charge is 2.29. The standard InChI is InChI=1S/C11H20N4O3S/c1-4-19(16,17)15-7-5-14(6-8-15)9(2)11-13-12-10(3)18-11/h9H,4-8H2,1-3H3. The molecule has 1 aromatic heterocycles. The van der Waals surface area contributed by atoms with Gasteiger partial charge < -0.3 is 4.42 Å². The highest BCUT2D eigenvalue weighted by Crippen LogP contribution is 2.21. The van der Waals surface area contributed by atoms with Crippen molar-refractivity contribution in [1.29, 1.82) is 0 Å². The molecule has 19 heavy (non-hydrogen) atoms. The Hall–Kier alpha value is -0.990. The summed E-state index contributed by atoms with van der Waals surface area (Å²) in [6.07, 6.45) is 0. The molecule has 7 nitrogen and oxygen atoms in total. The topological polar surface area (TPSA) is 79.5 Å². The van der Waals surface area contributed by atoms with Gasteiger partial charge in [-0.05, 0) is 13.8 Å². The SMILES string of the molecule is CCS(=O)(=O)N1CCN(C(C)c2nnc(C)o2)CC1. The van der Waals surface area contributed by atoms with Crippen LogP contribution in [0, 0.1) is 6.92 Å². The van der Waals surface area contributed by atoms with Crippen molar-refractivity contribution < 1.29 is 12.8 Å². The van der Waals surface area contributed by atoms with Crippen molar-refractivity contribution >= 4 is 10.0 Å². The number of aryl methyl sites for hydroxylation is 1. The Balaban J connectivity index is 1.97. The second-order valence-corrected chi connectivity index (χ2v) is 6.93. The molecule has 0 radical (unpaired) electrons. The van der Waals surface area contributed by atoms with Crippen LogP contribution in [0.1, 0.15) is 31.7 Å². The van der Waals surface area contributed by atoms with Gasteiger partial charge in [0, 0.05) is 33.1 Å². The molecule has 1 atom stereocenters. The van der Waals surface area contributed by atoms with E-state index in [1.54, 1.807) is 18.2 Å². The summed E-state index contributed by atoms with van der Waals surface area (Å²) >= 11 is 0. The molecule has 2 rings (SSSR count). The van der Waals surface area contributed by atoms with Gasteiger partial charge in [0.15, 0.2) is 0 Å². The second kappa shape index (κ2) is 5.56. The minimum atomic E-state index is -3.08. The molecule has 1 saturated heterocycles. The molecule has 108 valence electrons. The lowest BCUT2D eigenvalue weighted by atomic mass is 10.2. The number of hydrogen-bond acceptors (Lipinski definition) is 6. The average molecular weight is 288 g/mol. The summed E-state index contributed by atoms with van der Waals surface area (Å²) in [5.74, 6) is 1.30. The number of nitrogens with zero attached hydrogens (tertiary/aromatic N) is 4. The van der Waals surface area contributed by atoms with Gasteiger partial charge in [0.25, 0.3) is 0 Å². The van der Waals surface area contributed by atoms with E-state index < -0.39 is 10.0 Å². The molecular formula is C11H20N4O3S. The molecule has 0 spiro atoms. The zero-order valence-electron chi connectivity index (χ0n) is 11.5. The van der Waals surface area contributed by atoms with Crippen LogP contribution in [-0.4, -0.2) is 59.8 Å². The summed E-state index contributed by atoms with van der Waals surface area (Å²) < 4.78 is 30.5. The van der Waals surface area contributed by atoms with Gasteiger partial charge in [-0.25, -0.2) is 8.42 Å². The number of aromatic nitrogens is 2. The Kier molecular flexibility index (Phi) is 4.22. The first kappa shape index (κ1) is 14.4. The summed E-state index contributed by atoms with van der Waals surface area (Å²) in [5.41, 5.74) is 0. The van der Waals surface area contributed by atoms with Crippen molar-refractivity contribution in [1.82, 2.24) is 19.4 Å². The summed E-state index contributed by atoms with van der Waals surface area (Å²) in [6.45, 7) is 7.84. The van der Waals surface area contributed by atoms with E-state index >= 15 is 0 Å². The molecule has 0 saturated carbocycles. The predicted molar refractivity (Wildman–Crippen MR) is 70.1 cm³/mol. The molecule has 1 fully saturated rings. The minimum Gasteiger partial charge on any atom is -0.424 e. The van der Waals surface area contributed by atoms with Crippen LogP contribution in [0.15, 0.2) is 4.42 Å². The number of piperazine rings is 1. The van der Waals surface area contributed by atoms with Crippen LogP contribution in [-0.2, 0) is 10.0 Å². The molecule has 1 aromatic rings. The van der Waals surface area contributed by atoms with Gasteiger partial charge >= 0.3 is 0 Å². The second-order valence-electron chi connectivity index (χ2n) is 4.67. The fourth-order valence-corrected chi connectivity index (χ4v) is 3.27. The lowest BCUT2D eigenvalue weighted by molar-refractivity contribution is 0.128. The third kappa shape index (κ3) is 3.13. The first-order chi connectivity index (χ1) is 8.94. The number of hydrogen-bond donors (Lipinski definition) is 0. The zero-order valence-corrected chi connectivity index (χ0v) is 12.4. The van der Waals surface area contributed by atoms with Gasteiger partial charge in [0.05, 0.1) is 11.8 Å². The van der Waals surface area contributed by atoms with Crippen LogP contribution in [0.4, 0.5) is 0 Å². The molecule has 0 N–H and O–H groups in total. The van der Waals surface area contributed by atoms with Crippen molar-refractivity contribution in [3.63, 3.8) is 0 Å². The maximum Gasteiger partial charge on any atom is 0.233 e. The largest absolute Gasteiger partial charge is 0.424 e. The maximum atomic E-state index is 11.8. The van der Waals surface area contributed by atoms with Crippen LogP contribution in [0.3, 0.4) is 0 Å². The zero-order chi connectivity index (χ0) is 14.0. The van der Waals surface area contributed by atoms with E-state index in [0.29, 0.717) is 38.0 Å². The van der Waals surface area contributed by atoms with E-state index in [4.69, 9.17) is 4.42 Å². The van der Waals surface area contributed by atoms with Gasteiger partial charge in [0.1, 0.15) is 0 Å². The summed E-state index contributed by atoms with van der Waals surface area (Å²) in [4.78, 5) is 2.16. The maximum absolute atomic E-state index is 11.8. The Morgan fingerprint density at radius 3 is 2.37 bits per heavy atom. The fourth-order valence-electron chi connectivity index (χ4n) is 2.19. The van der Waals surface area contributed by atoms with E-state index in [1.165, 1.54) is 0 Å². The molecule has 0 bridgehead atoms. The molecule has 0 amide bonds. The minimum absolute atomic E-state index is 0.0210. The fraction of sp³-hybridized carbons (Fsp3) is 0.818. The predicted octanol–water partition coefficient (Wildman–Crippen LogP) is 0.406. The average Bonchev–Trinajstić information content (AvgIpc) is 2.85. The van der Waals surface area contributed by atoms with Gasteiger partial charge in [-0.1, -0.05) is 0 Å². The van der Waals surface area contributed by atoms with Crippen molar-refractivity contribution in [2.24, 2.45) is 0 Å². The first-order valence-corrected chi connectivity index (χ1v) is 8.07. The Bertz CT molecular complexity index is 520. The van der Waals surface area contributed by atoms with Crippen LogP contribution >= 0.6 is 0 Å². The van der Waals surface area contributed by atoms with Crippen LogP contribution in [0.5, 0.6) is 0 Å². The van der Waals surface area contributed by atoms with E-state index in [9.17, 15) is 8.42 Å². The molecule has 2 heterocycles. The highest BCUT2D eigenvalue weighted by atomic mass is 32.2. The van der Waals surface area contributed by atoms with Crippen LogP contribution < -0.4 is 0 Å². The van der Waals surface area contributed by atoms with E-state index in [2.05, 4.69) is 15.1 Å². The molecule has 0 aliphatic carbocycles. The van der Waals surface area contributed by atoms with E-state index in [-0.39, 0.29) is 11.8 Å². The molecule has 1 unspecified atom stereocenters. The van der Waals surface area contributed by atoms with Gasteiger partial charge in [-0.15, -0.1) is 10.2 Å². The Morgan fingerprint density at radius 1 is 1.26 bits per heavy atom. The summed E-state index contributed by atoms with van der Waals surface area (Å²) in [6, 6.07) is 0.0210. The van der Waals surface area contributed by atoms with Gasteiger partial charge in [0.2, 0.25) is 21.8 Å². The molecule has 1 aliphatic heterocycles. The first-order valence-electron chi connectivity index (χ1n) is 6.46. The number of sulfonamides is 1. The lowest BCUT2D eigenvalue weighted by Crippen LogP contribution is -2.49. The molecule has 1 aliphatic rings. The Labute approximate surface area is 113 Å². The third-order valence-corrected chi connectivity index (χ3v) is 5.36. The van der Waals surface area contributed by atoms with Gasteiger partial charge in [-0.2, -0.15) is 4.31 Å². The smallest absolute Gasteiger partial charge is 0.233 e. The molecule has 8 heteroatoms. The normalized spacial score (nSPS) is 20.6. The van der Waals surface area contributed by atoms with Crippen LogP contribution in [0.2, 0.25) is 0 Å². The number of rotatable bonds is 4. The summed E-state index contributed by atoms with van der Waals surface area (Å²) in [7, 11) is -3.08. The van der Waals surface area contributed by atoms with E-state index in [0.717, 1.165) is 0 Å². The lowest BCUT2D eigenvalue weighted by Gasteiger charge is -2.35. The molecule has 0 aromatic carbocycles. The van der Waals surface area contributed by atoms with Crippen molar-refractivity contribution in [2.45, 2.75) is 26.8 Å². The van der Waals surface area contributed by atoms with Crippen molar-refractivity contribution in [3.8, 4) is 0 Å².